The lowest BCUT2D eigenvalue weighted by atomic mass is 9.68. The zero-order valence-electron chi connectivity index (χ0n) is 44.2. The van der Waals surface area contributed by atoms with Crippen LogP contribution in [0.4, 0.5) is 0 Å². The van der Waals surface area contributed by atoms with Gasteiger partial charge in [0.1, 0.15) is 28.7 Å². The van der Waals surface area contributed by atoms with Crippen molar-refractivity contribution in [2.24, 2.45) is 17.8 Å². The first-order chi connectivity index (χ1) is 32.2. The number of aromatic hydroxyl groups is 3. The second-order valence-electron chi connectivity index (χ2n) is 22.4. The maximum atomic E-state index is 10.6. The molecule has 5 N–H and O–H groups in total. The van der Waals surface area contributed by atoms with Crippen molar-refractivity contribution in [1.82, 2.24) is 0 Å². The smallest absolute Gasteiger partial charge is 0.200 e. The number of fused-ring (bicyclic) bond motifs is 1. The van der Waals surface area contributed by atoms with E-state index in [1.54, 1.807) is 6.07 Å². The molecule has 2 aliphatic heterocycles. The van der Waals surface area contributed by atoms with Gasteiger partial charge in [0.05, 0.1) is 6.61 Å². The van der Waals surface area contributed by atoms with Crippen molar-refractivity contribution >= 4 is 0 Å². The number of phenolic OH excluding ortho intramolecular Hbond substituents is 3. The van der Waals surface area contributed by atoms with Crippen LogP contribution in [0.2, 0.25) is 0 Å². The predicted octanol–water partition coefficient (Wildman–Crippen LogP) is 15.5. The highest BCUT2D eigenvalue weighted by Crippen LogP contribution is 2.56. The molecule has 1 unspecified atom stereocenters. The predicted molar refractivity (Wildman–Crippen MR) is 280 cm³/mol. The molecule has 0 amide bonds. The van der Waals surface area contributed by atoms with Gasteiger partial charge in [-0.25, -0.2) is 0 Å². The van der Waals surface area contributed by atoms with Crippen LogP contribution >= 0.6 is 0 Å². The monoisotopic (exact) mass is 933 g/mol. The minimum atomic E-state index is -0.748. The molecule has 5 aliphatic rings. The largest absolute Gasteiger partial charge is 0.508 e. The molecule has 0 spiro atoms. The molecule has 7 heteroatoms. The number of ether oxygens (including phenoxy) is 2. The van der Waals surface area contributed by atoms with E-state index in [1.807, 2.05) is 19.9 Å². The van der Waals surface area contributed by atoms with Gasteiger partial charge >= 0.3 is 0 Å². The summed E-state index contributed by atoms with van der Waals surface area (Å²) in [4.78, 5) is 0. The lowest BCUT2D eigenvalue weighted by Gasteiger charge is -2.43. The summed E-state index contributed by atoms with van der Waals surface area (Å²) in [6.45, 7) is 28.5. The van der Waals surface area contributed by atoms with Gasteiger partial charge in [-0.05, 0) is 228 Å². The van der Waals surface area contributed by atoms with Crippen LogP contribution < -0.4 is 9.47 Å². The number of aryl methyl sites for hydroxylation is 3. The Labute approximate surface area is 410 Å². The van der Waals surface area contributed by atoms with E-state index in [2.05, 4.69) is 100 Å². The molecule has 8 rings (SSSR count). The highest BCUT2D eigenvalue weighted by molar-refractivity contribution is 5.59. The van der Waals surface area contributed by atoms with Crippen LogP contribution in [0.15, 0.2) is 53.1 Å². The molecule has 3 aliphatic carbocycles. The Morgan fingerprint density at radius 1 is 0.618 bits per heavy atom. The van der Waals surface area contributed by atoms with Crippen molar-refractivity contribution in [1.29, 1.82) is 0 Å². The Morgan fingerprint density at radius 3 is 1.72 bits per heavy atom. The average molecular weight is 933 g/mol. The van der Waals surface area contributed by atoms with Crippen LogP contribution in [0.5, 0.6) is 28.7 Å². The Hall–Kier alpha value is -4.20. The van der Waals surface area contributed by atoms with Gasteiger partial charge in [-0.2, -0.15) is 0 Å². The van der Waals surface area contributed by atoms with Crippen LogP contribution in [0.25, 0.3) is 0 Å². The maximum absolute atomic E-state index is 10.6. The standard InChI is InChI=1S/C21H32O2.C20H28O3.C20H28O2/c1-13(2)7-6-8-17(12-22)18-10-9-14(3)20-19(18)11-15(4)16(5)21(20)23;1-11(2)6-5-7-15-14-9-8-12(3)17-16(21)10-13(4)19(18(14)17)23-20(15)22;1-12(2)6-5-7-15-11-22-20-14(4)10-17(21)18-13(3)8-9-16(15)19(18)20/h7,11,14,17-18,22-23H,6,8-10,12H2,1-5H3;6,10,12,14-15,20-22H,5,7-9H2,1-4H3;6,10,13,15-16,21H,5,7-9,11H2,1-4H3/t14-,17-,18+;12-,14+,15+,20?;13-,15-,16+/m111/s1. The number of rotatable bonds is 11. The summed E-state index contributed by atoms with van der Waals surface area (Å²) in [5.41, 5.74) is 15.3. The molecule has 0 fully saturated rings. The number of benzene rings is 3. The third-order valence-corrected chi connectivity index (χ3v) is 16.4. The van der Waals surface area contributed by atoms with E-state index in [-0.39, 0.29) is 24.4 Å². The van der Waals surface area contributed by atoms with Crippen molar-refractivity contribution in [3.05, 3.63) is 109 Å². The van der Waals surface area contributed by atoms with E-state index in [0.717, 1.165) is 120 Å². The van der Waals surface area contributed by atoms with E-state index < -0.39 is 6.29 Å². The first-order valence-corrected chi connectivity index (χ1v) is 26.3. The van der Waals surface area contributed by atoms with Gasteiger partial charge < -0.3 is 35.0 Å². The number of hydrogen-bond acceptors (Lipinski definition) is 7. The Bertz CT molecular complexity index is 2320. The maximum Gasteiger partial charge on any atom is 0.200 e. The molecular formula is C61H88O7. The first kappa shape index (κ1) is 53.2. The van der Waals surface area contributed by atoms with Crippen LogP contribution in [0.1, 0.15) is 231 Å². The number of hydrogen-bond donors (Lipinski definition) is 5. The number of aliphatic hydroxyl groups excluding tert-OH is 2. The van der Waals surface area contributed by atoms with Crippen LogP contribution in [0, 0.1) is 45.4 Å². The highest BCUT2D eigenvalue weighted by Gasteiger charge is 2.43. The van der Waals surface area contributed by atoms with Gasteiger partial charge in [0, 0.05) is 46.3 Å². The quantitative estimate of drug-likeness (QED) is 0.122. The number of phenols is 3. The van der Waals surface area contributed by atoms with Gasteiger partial charge in [0.15, 0.2) is 0 Å². The van der Waals surface area contributed by atoms with Gasteiger partial charge in [0.25, 0.3) is 0 Å². The van der Waals surface area contributed by atoms with Crippen molar-refractivity contribution in [2.45, 2.75) is 209 Å². The molecule has 68 heavy (non-hydrogen) atoms. The molecule has 0 bridgehead atoms. The van der Waals surface area contributed by atoms with Crippen molar-refractivity contribution in [2.75, 3.05) is 13.2 Å². The molecule has 2 heterocycles. The van der Waals surface area contributed by atoms with Crippen LogP contribution in [-0.2, 0) is 0 Å². The molecule has 0 saturated heterocycles. The molecule has 3 aromatic rings. The second-order valence-corrected chi connectivity index (χ2v) is 22.4. The van der Waals surface area contributed by atoms with E-state index in [4.69, 9.17) is 9.47 Å². The van der Waals surface area contributed by atoms with Crippen LogP contribution in [0.3, 0.4) is 0 Å². The summed E-state index contributed by atoms with van der Waals surface area (Å²) >= 11 is 0. The number of allylic oxidation sites excluding steroid dienone is 6. The SMILES string of the molecule is CC(C)=CCC[C@@H]1C(O)Oc2c(C)cc(O)c3c2[C@H]1CC[C@H]3C.CC(C)=CCC[C@@H]1COc2c(C)cc(O)c3c2[C@H]1CC[C@H]3C.CC(C)=CCC[C@H](CO)[C@@H]1CC[C@@H](C)c2c1cc(C)c(C)c2O. The summed E-state index contributed by atoms with van der Waals surface area (Å²) in [6, 6.07) is 5.92. The van der Waals surface area contributed by atoms with Gasteiger partial charge in [-0.15, -0.1) is 0 Å². The lowest BCUT2D eigenvalue weighted by Crippen LogP contribution is -2.38. The van der Waals surface area contributed by atoms with E-state index >= 15 is 0 Å². The molecule has 374 valence electrons. The molecule has 3 aromatic carbocycles. The molecule has 10 atom stereocenters. The molecule has 0 aromatic heterocycles. The summed E-state index contributed by atoms with van der Waals surface area (Å²) in [7, 11) is 0. The first-order valence-electron chi connectivity index (χ1n) is 26.3. The number of aliphatic hydroxyl groups is 2. The minimum absolute atomic E-state index is 0.102. The normalized spacial score (nSPS) is 25.5. The lowest BCUT2D eigenvalue weighted by molar-refractivity contribution is -0.0882. The third-order valence-electron chi connectivity index (χ3n) is 16.4. The van der Waals surface area contributed by atoms with E-state index in [0.29, 0.717) is 52.8 Å². The Morgan fingerprint density at radius 2 is 1.13 bits per heavy atom. The van der Waals surface area contributed by atoms with E-state index in [1.165, 1.54) is 47.1 Å². The molecular weight excluding hydrogens is 845 g/mol. The summed E-state index contributed by atoms with van der Waals surface area (Å²) in [5.74, 6) is 6.56. The Kier molecular flexibility index (Phi) is 18.1. The fraction of sp³-hybridized carbons (Fsp3) is 0.607. The summed E-state index contributed by atoms with van der Waals surface area (Å²) < 4.78 is 12.0. The third kappa shape index (κ3) is 11.7. The van der Waals surface area contributed by atoms with Gasteiger partial charge in [-0.1, -0.05) is 61.8 Å². The van der Waals surface area contributed by atoms with E-state index in [9.17, 15) is 25.5 Å². The fourth-order valence-electron chi connectivity index (χ4n) is 12.6. The Balaban J connectivity index is 0.000000168. The van der Waals surface area contributed by atoms with Crippen LogP contribution in [-0.4, -0.2) is 45.0 Å². The summed E-state index contributed by atoms with van der Waals surface area (Å²) in [5, 5.41) is 52.0. The molecule has 7 nitrogen and oxygen atoms in total. The second kappa shape index (κ2) is 23.1. The zero-order valence-corrected chi connectivity index (χ0v) is 44.2. The van der Waals surface area contributed by atoms with Crippen molar-refractivity contribution in [3.63, 3.8) is 0 Å². The van der Waals surface area contributed by atoms with Gasteiger partial charge in [-0.3, -0.25) is 0 Å². The molecule has 0 saturated carbocycles. The summed E-state index contributed by atoms with van der Waals surface area (Å²) in [6.07, 6.45) is 19.0. The molecule has 0 radical (unpaired) electrons. The minimum Gasteiger partial charge on any atom is -0.508 e. The zero-order chi connectivity index (χ0) is 49.7. The fourth-order valence-corrected chi connectivity index (χ4v) is 12.6. The van der Waals surface area contributed by atoms with Gasteiger partial charge in [0.2, 0.25) is 6.29 Å². The van der Waals surface area contributed by atoms with Crippen molar-refractivity contribution < 1.29 is 35.0 Å². The topological polar surface area (TPSA) is 120 Å². The van der Waals surface area contributed by atoms with Crippen molar-refractivity contribution in [3.8, 4) is 28.7 Å². The average Bonchev–Trinajstić information content (AvgIpc) is 3.27. The highest BCUT2D eigenvalue weighted by atomic mass is 16.6.